The zero-order chi connectivity index (χ0) is 15.9. The summed E-state index contributed by atoms with van der Waals surface area (Å²) in [5, 5.41) is 11.2. The van der Waals surface area contributed by atoms with Gasteiger partial charge in [0.15, 0.2) is 0 Å². The molecule has 0 fully saturated rings. The third-order valence-electron chi connectivity index (χ3n) is 2.64. The Labute approximate surface area is 124 Å². The van der Waals surface area contributed by atoms with Gasteiger partial charge >= 0.3 is 0 Å². The molecule has 0 radical (unpaired) electrons. The number of nitrogens with one attached hydrogen (secondary N) is 1. The molecule has 0 aromatic heterocycles. The van der Waals surface area contributed by atoms with Gasteiger partial charge in [-0.1, -0.05) is 17.9 Å². The number of aliphatic hydroxyl groups excluding tert-OH is 1. The largest absolute Gasteiger partial charge is 0.384 e. The maximum Gasteiger partial charge on any atom is 0.251 e. The first kappa shape index (κ1) is 17.2. The molecule has 1 rings (SSSR count). The second-order valence-corrected chi connectivity index (χ2v) is 6.70. The predicted octanol–water partition coefficient (Wildman–Crippen LogP) is -0.348. The Morgan fingerprint density at radius 2 is 2.10 bits per heavy atom. The van der Waals surface area contributed by atoms with E-state index in [0.29, 0.717) is 11.1 Å². The number of hydrogen-bond donors (Lipinski definition) is 2. The number of amides is 1. The average Bonchev–Trinajstić information content (AvgIpc) is 2.45. The minimum Gasteiger partial charge on any atom is -0.384 e. The first-order valence-electron chi connectivity index (χ1n) is 6.25. The summed E-state index contributed by atoms with van der Waals surface area (Å²) >= 11 is 0. The molecule has 0 heterocycles. The topological polar surface area (TPSA) is 86.7 Å². The molecule has 7 heteroatoms. The average molecular weight is 310 g/mol. The summed E-state index contributed by atoms with van der Waals surface area (Å²) < 4.78 is 24.2. The van der Waals surface area contributed by atoms with Crippen molar-refractivity contribution in [3.63, 3.8) is 0 Å². The molecule has 0 saturated heterocycles. The van der Waals surface area contributed by atoms with Crippen molar-refractivity contribution < 1.29 is 18.3 Å². The highest BCUT2D eigenvalue weighted by molar-refractivity contribution is 7.89. The van der Waals surface area contributed by atoms with Gasteiger partial charge in [0, 0.05) is 31.8 Å². The standard InChI is InChI=1S/C14H18N2O4S/c1-16(2)21(19,20)10-8-15-14(18)13-7-3-5-12(11-13)6-4-9-17/h3,5,7,11,17H,8-10H2,1-2H3,(H,15,18). The first-order chi connectivity index (χ1) is 9.86. The van der Waals surface area contributed by atoms with Gasteiger partial charge < -0.3 is 10.4 Å². The number of sulfonamides is 1. The molecule has 0 bridgehead atoms. The molecule has 0 unspecified atom stereocenters. The number of carbonyl (C=O) groups is 1. The molecule has 114 valence electrons. The zero-order valence-corrected chi connectivity index (χ0v) is 12.8. The van der Waals surface area contributed by atoms with Crippen molar-refractivity contribution in [3.05, 3.63) is 35.4 Å². The Morgan fingerprint density at radius 3 is 2.71 bits per heavy atom. The molecule has 0 atom stereocenters. The lowest BCUT2D eigenvalue weighted by molar-refractivity contribution is 0.0956. The third kappa shape index (κ3) is 5.55. The molecule has 0 aliphatic rings. The normalized spacial score (nSPS) is 10.9. The van der Waals surface area contributed by atoms with Crippen molar-refractivity contribution >= 4 is 15.9 Å². The smallest absolute Gasteiger partial charge is 0.251 e. The molecule has 21 heavy (non-hydrogen) atoms. The maximum atomic E-state index is 11.9. The van der Waals surface area contributed by atoms with Crippen LogP contribution in [0.4, 0.5) is 0 Å². The van der Waals surface area contributed by atoms with Crippen LogP contribution in [0.15, 0.2) is 24.3 Å². The van der Waals surface area contributed by atoms with Crippen LogP contribution in [0, 0.1) is 11.8 Å². The van der Waals surface area contributed by atoms with E-state index in [1.807, 2.05) is 0 Å². The maximum absolute atomic E-state index is 11.9. The van der Waals surface area contributed by atoms with Gasteiger partial charge in [-0.15, -0.1) is 0 Å². The summed E-state index contributed by atoms with van der Waals surface area (Å²) in [7, 11) is -0.438. The van der Waals surface area contributed by atoms with Gasteiger partial charge in [0.05, 0.1) is 5.75 Å². The SMILES string of the molecule is CN(C)S(=O)(=O)CCNC(=O)c1cccc(C#CCO)c1. The molecular weight excluding hydrogens is 292 g/mol. The molecular formula is C14H18N2O4S. The van der Waals surface area contributed by atoms with E-state index < -0.39 is 10.0 Å². The van der Waals surface area contributed by atoms with Crippen LogP contribution >= 0.6 is 0 Å². The van der Waals surface area contributed by atoms with E-state index in [2.05, 4.69) is 17.2 Å². The van der Waals surface area contributed by atoms with Crippen molar-refractivity contribution in [2.45, 2.75) is 0 Å². The summed E-state index contributed by atoms with van der Waals surface area (Å²) in [6.45, 7) is -0.218. The third-order valence-corrected chi connectivity index (χ3v) is 4.47. The van der Waals surface area contributed by atoms with Crippen molar-refractivity contribution in [2.24, 2.45) is 0 Å². The highest BCUT2D eigenvalue weighted by atomic mass is 32.2. The predicted molar refractivity (Wildman–Crippen MR) is 80.2 cm³/mol. The van der Waals surface area contributed by atoms with Crippen molar-refractivity contribution in [1.82, 2.24) is 9.62 Å². The van der Waals surface area contributed by atoms with Crippen LogP contribution in [-0.4, -0.2) is 56.7 Å². The molecule has 2 N–H and O–H groups in total. The lowest BCUT2D eigenvalue weighted by atomic mass is 10.1. The van der Waals surface area contributed by atoms with Crippen LogP contribution < -0.4 is 5.32 Å². The van der Waals surface area contributed by atoms with E-state index in [0.717, 1.165) is 4.31 Å². The summed E-state index contributed by atoms with van der Waals surface area (Å²) in [4.78, 5) is 11.9. The Kier molecular flexibility index (Phi) is 6.37. The summed E-state index contributed by atoms with van der Waals surface area (Å²) in [5.74, 6) is 4.68. The van der Waals surface area contributed by atoms with Gasteiger partial charge in [0.1, 0.15) is 6.61 Å². The highest BCUT2D eigenvalue weighted by Gasteiger charge is 2.14. The van der Waals surface area contributed by atoms with Gasteiger partial charge in [-0.3, -0.25) is 4.79 Å². The van der Waals surface area contributed by atoms with Gasteiger partial charge in [-0.05, 0) is 18.2 Å². The monoisotopic (exact) mass is 310 g/mol. The fraction of sp³-hybridized carbons (Fsp3) is 0.357. The number of nitrogens with zero attached hydrogens (tertiary/aromatic N) is 1. The lowest BCUT2D eigenvalue weighted by Gasteiger charge is -2.11. The van der Waals surface area contributed by atoms with Crippen LogP contribution in [0.5, 0.6) is 0 Å². The molecule has 1 aromatic rings. The minimum atomic E-state index is -3.33. The second kappa shape index (κ2) is 7.78. The summed E-state index contributed by atoms with van der Waals surface area (Å²) in [6, 6.07) is 6.58. The van der Waals surface area contributed by atoms with Crippen LogP contribution in [0.2, 0.25) is 0 Å². The Balaban J connectivity index is 2.64. The first-order valence-corrected chi connectivity index (χ1v) is 7.86. The molecule has 6 nitrogen and oxygen atoms in total. The minimum absolute atomic E-state index is 0.0336. The van der Waals surface area contributed by atoms with E-state index in [1.165, 1.54) is 14.1 Å². The molecule has 1 amide bonds. The lowest BCUT2D eigenvalue weighted by Crippen LogP contribution is -2.33. The van der Waals surface area contributed by atoms with E-state index in [4.69, 9.17) is 5.11 Å². The van der Waals surface area contributed by atoms with Crippen molar-refractivity contribution in [2.75, 3.05) is 33.0 Å². The van der Waals surface area contributed by atoms with Gasteiger partial charge in [-0.2, -0.15) is 0 Å². The van der Waals surface area contributed by atoms with Crippen LogP contribution in [0.25, 0.3) is 0 Å². The summed E-state index contributed by atoms with van der Waals surface area (Å²) in [5.41, 5.74) is 1.000. The van der Waals surface area contributed by atoms with Gasteiger partial charge in [-0.25, -0.2) is 12.7 Å². The zero-order valence-electron chi connectivity index (χ0n) is 12.0. The summed E-state index contributed by atoms with van der Waals surface area (Å²) in [6.07, 6.45) is 0. The number of benzene rings is 1. The number of carbonyl (C=O) groups excluding carboxylic acids is 1. The number of hydrogen-bond acceptors (Lipinski definition) is 4. The Morgan fingerprint density at radius 1 is 1.38 bits per heavy atom. The van der Waals surface area contributed by atoms with E-state index in [1.54, 1.807) is 24.3 Å². The van der Waals surface area contributed by atoms with Crippen molar-refractivity contribution in [1.29, 1.82) is 0 Å². The van der Waals surface area contributed by atoms with Crippen LogP contribution in [-0.2, 0) is 10.0 Å². The quantitative estimate of drug-likeness (QED) is 0.728. The fourth-order valence-corrected chi connectivity index (χ4v) is 2.18. The molecule has 0 spiro atoms. The number of rotatable bonds is 5. The van der Waals surface area contributed by atoms with Crippen LogP contribution in [0.3, 0.4) is 0 Å². The van der Waals surface area contributed by atoms with Gasteiger partial charge in [0.25, 0.3) is 5.91 Å². The molecule has 1 aromatic carbocycles. The second-order valence-electron chi connectivity index (χ2n) is 4.39. The highest BCUT2D eigenvalue weighted by Crippen LogP contribution is 2.04. The van der Waals surface area contributed by atoms with E-state index in [9.17, 15) is 13.2 Å². The van der Waals surface area contributed by atoms with E-state index >= 15 is 0 Å². The Bertz CT molecular complexity index is 657. The van der Waals surface area contributed by atoms with E-state index in [-0.39, 0.29) is 24.8 Å². The molecule has 0 aliphatic carbocycles. The molecule has 0 aliphatic heterocycles. The number of aliphatic hydroxyl groups is 1. The fourth-order valence-electron chi connectivity index (χ4n) is 1.46. The molecule has 0 saturated carbocycles. The van der Waals surface area contributed by atoms with Crippen LogP contribution in [0.1, 0.15) is 15.9 Å². The Hall–Kier alpha value is -1.88. The van der Waals surface area contributed by atoms with Crippen molar-refractivity contribution in [3.8, 4) is 11.8 Å². The van der Waals surface area contributed by atoms with Gasteiger partial charge in [0.2, 0.25) is 10.0 Å².